The Labute approximate surface area is 97.0 Å². The monoisotopic (exact) mass is 238 g/mol. The van der Waals surface area contributed by atoms with Crippen LogP contribution in [0.4, 0.5) is 14.8 Å². The van der Waals surface area contributed by atoms with Crippen LogP contribution in [-0.4, -0.2) is 24.0 Å². The number of anilines is 1. The zero-order chi connectivity index (χ0) is 11.9. The van der Waals surface area contributed by atoms with Crippen LogP contribution in [0.15, 0.2) is 28.7 Å². The van der Waals surface area contributed by atoms with Gasteiger partial charge in [0.25, 0.3) is 11.9 Å². The van der Waals surface area contributed by atoms with E-state index in [4.69, 9.17) is 4.42 Å². The summed E-state index contributed by atoms with van der Waals surface area (Å²) in [7, 11) is 0. The van der Waals surface area contributed by atoms with E-state index < -0.39 is 5.92 Å². The molecule has 1 fully saturated rings. The molecule has 2 heterocycles. The Hall–Kier alpha value is -1.65. The van der Waals surface area contributed by atoms with E-state index >= 15 is 0 Å². The molecule has 1 saturated heterocycles. The Morgan fingerprint density at radius 1 is 1.29 bits per heavy atom. The molecule has 0 spiro atoms. The van der Waals surface area contributed by atoms with E-state index in [9.17, 15) is 8.78 Å². The van der Waals surface area contributed by atoms with Gasteiger partial charge in [0, 0.05) is 13.0 Å². The third-order valence-corrected chi connectivity index (χ3v) is 2.95. The molecule has 0 radical (unpaired) electrons. The van der Waals surface area contributed by atoms with Crippen LogP contribution in [0.1, 0.15) is 12.8 Å². The van der Waals surface area contributed by atoms with Gasteiger partial charge in [-0.3, -0.25) is 0 Å². The number of oxazole rings is 1. The standard InChI is InChI=1S/C12H12F2N2O/c13-12(14)6-3-7-16(8-12)11-15-9-4-1-2-5-10(9)17-11/h1-2,4-5H,3,6-8H2. The number of benzene rings is 1. The summed E-state index contributed by atoms with van der Waals surface area (Å²) in [5.74, 6) is -2.64. The molecule has 1 aromatic carbocycles. The SMILES string of the molecule is FC1(F)CCCN(c2nc3ccccc3o2)C1. The fraction of sp³-hybridized carbons (Fsp3) is 0.417. The van der Waals surface area contributed by atoms with Crippen LogP contribution >= 0.6 is 0 Å². The van der Waals surface area contributed by atoms with Gasteiger partial charge in [-0.1, -0.05) is 12.1 Å². The van der Waals surface area contributed by atoms with Gasteiger partial charge in [0.15, 0.2) is 5.58 Å². The molecule has 3 rings (SSSR count). The zero-order valence-corrected chi connectivity index (χ0v) is 9.20. The Bertz CT molecular complexity index is 505. The summed E-state index contributed by atoms with van der Waals surface area (Å²) in [6.07, 6.45) is 0.412. The zero-order valence-electron chi connectivity index (χ0n) is 9.20. The number of aromatic nitrogens is 1. The molecule has 0 atom stereocenters. The molecule has 5 heteroatoms. The molecular formula is C12H12F2N2O. The summed E-state index contributed by atoms with van der Waals surface area (Å²) in [6, 6.07) is 7.57. The number of para-hydroxylation sites is 2. The largest absolute Gasteiger partial charge is 0.423 e. The minimum absolute atomic E-state index is 0.0519. The third kappa shape index (κ3) is 1.97. The van der Waals surface area contributed by atoms with Crippen molar-refractivity contribution in [2.24, 2.45) is 0 Å². The van der Waals surface area contributed by atoms with Gasteiger partial charge < -0.3 is 9.32 Å². The lowest BCUT2D eigenvalue weighted by Gasteiger charge is -2.31. The van der Waals surface area contributed by atoms with Gasteiger partial charge in [-0.25, -0.2) is 8.78 Å². The summed E-state index contributed by atoms with van der Waals surface area (Å²) in [4.78, 5) is 5.75. The summed E-state index contributed by atoms with van der Waals surface area (Å²) < 4.78 is 32.1. The van der Waals surface area contributed by atoms with Crippen LogP contribution in [0.3, 0.4) is 0 Å². The maximum Gasteiger partial charge on any atom is 0.298 e. The van der Waals surface area contributed by atoms with Crippen LogP contribution in [-0.2, 0) is 0 Å². The fourth-order valence-electron chi connectivity index (χ4n) is 2.12. The van der Waals surface area contributed by atoms with Gasteiger partial charge in [-0.2, -0.15) is 4.98 Å². The molecule has 1 aliphatic heterocycles. The first-order chi connectivity index (χ1) is 8.14. The van der Waals surface area contributed by atoms with E-state index in [0.29, 0.717) is 30.1 Å². The first-order valence-electron chi connectivity index (χ1n) is 5.62. The molecule has 2 aromatic rings. The van der Waals surface area contributed by atoms with Gasteiger partial charge in [-0.05, 0) is 18.6 Å². The Morgan fingerprint density at radius 2 is 2.12 bits per heavy atom. The van der Waals surface area contributed by atoms with Crippen LogP contribution in [0.2, 0.25) is 0 Å². The number of hydrogen-bond acceptors (Lipinski definition) is 3. The lowest BCUT2D eigenvalue weighted by atomic mass is 10.1. The molecule has 1 aliphatic rings. The number of halogens is 2. The van der Waals surface area contributed by atoms with Gasteiger partial charge in [0.1, 0.15) is 5.52 Å². The van der Waals surface area contributed by atoms with Crippen LogP contribution in [0, 0.1) is 0 Å². The van der Waals surface area contributed by atoms with Crippen molar-refractivity contribution in [1.29, 1.82) is 0 Å². The number of alkyl halides is 2. The Kier molecular flexibility index (Phi) is 2.28. The van der Waals surface area contributed by atoms with Gasteiger partial charge in [0.05, 0.1) is 6.54 Å². The van der Waals surface area contributed by atoms with Gasteiger partial charge in [-0.15, -0.1) is 0 Å². The third-order valence-electron chi connectivity index (χ3n) is 2.95. The van der Waals surface area contributed by atoms with Crippen molar-refractivity contribution in [3.63, 3.8) is 0 Å². The summed E-state index contributed by atoms with van der Waals surface area (Å²) in [6.45, 7) is 0.266. The molecule has 90 valence electrons. The fourth-order valence-corrected chi connectivity index (χ4v) is 2.12. The summed E-state index contributed by atoms with van der Waals surface area (Å²) in [5.41, 5.74) is 1.34. The van der Waals surface area contributed by atoms with E-state index in [1.54, 1.807) is 6.07 Å². The van der Waals surface area contributed by atoms with Crippen molar-refractivity contribution in [3.8, 4) is 0 Å². The highest BCUT2D eigenvalue weighted by molar-refractivity contribution is 5.74. The van der Waals surface area contributed by atoms with Crippen molar-refractivity contribution < 1.29 is 13.2 Å². The molecular weight excluding hydrogens is 226 g/mol. The summed E-state index contributed by atoms with van der Waals surface area (Å²) >= 11 is 0. The quantitative estimate of drug-likeness (QED) is 0.764. The highest BCUT2D eigenvalue weighted by atomic mass is 19.3. The average molecular weight is 238 g/mol. The van der Waals surface area contributed by atoms with Gasteiger partial charge in [0.2, 0.25) is 0 Å². The second-order valence-electron chi connectivity index (χ2n) is 4.35. The molecule has 0 amide bonds. The highest BCUT2D eigenvalue weighted by Gasteiger charge is 2.36. The predicted octanol–water partition coefficient (Wildman–Crippen LogP) is 3.06. The summed E-state index contributed by atoms with van der Waals surface area (Å²) in [5, 5.41) is 0. The molecule has 0 aliphatic carbocycles. The van der Waals surface area contributed by atoms with Crippen molar-refractivity contribution in [2.45, 2.75) is 18.8 Å². The smallest absolute Gasteiger partial charge is 0.298 e. The maximum absolute atomic E-state index is 13.3. The number of hydrogen-bond donors (Lipinski definition) is 0. The van der Waals surface area contributed by atoms with Crippen molar-refractivity contribution in [1.82, 2.24) is 4.98 Å². The van der Waals surface area contributed by atoms with E-state index in [2.05, 4.69) is 4.98 Å². The van der Waals surface area contributed by atoms with Crippen molar-refractivity contribution >= 4 is 17.1 Å². The van der Waals surface area contributed by atoms with Crippen molar-refractivity contribution in [3.05, 3.63) is 24.3 Å². The van der Waals surface area contributed by atoms with Crippen LogP contribution in [0.5, 0.6) is 0 Å². The number of rotatable bonds is 1. The van der Waals surface area contributed by atoms with E-state index in [-0.39, 0.29) is 13.0 Å². The van der Waals surface area contributed by atoms with E-state index in [0.717, 1.165) is 0 Å². The van der Waals surface area contributed by atoms with Crippen LogP contribution < -0.4 is 4.90 Å². The minimum Gasteiger partial charge on any atom is -0.423 e. The molecule has 17 heavy (non-hydrogen) atoms. The highest BCUT2D eigenvalue weighted by Crippen LogP contribution is 2.30. The lowest BCUT2D eigenvalue weighted by Crippen LogP contribution is -2.42. The normalized spacial score (nSPS) is 19.8. The first-order valence-corrected chi connectivity index (χ1v) is 5.62. The van der Waals surface area contributed by atoms with E-state index in [1.165, 1.54) is 4.90 Å². The molecule has 0 unspecified atom stereocenters. The van der Waals surface area contributed by atoms with E-state index in [1.807, 2.05) is 18.2 Å². The number of piperidine rings is 1. The Balaban J connectivity index is 1.93. The van der Waals surface area contributed by atoms with Crippen molar-refractivity contribution in [2.75, 3.05) is 18.0 Å². The maximum atomic E-state index is 13.3. The topological polar surface area (TPSA) is 29.3 Å². The molecule has 3 nitrogen and oxygen atoms in total. The minimum atomic E-state index is -2.64. The number of nitrogens with zero attached hydrogens (tertiary/aromatic N) is 2. The predicted molar refractivity (Wildman–Crippen MR) is 60.4 cm³/mol. The van der Waals surface area contributed by atoms with Crippen LogP contribution in [0.25, 0.3) is 11.1 Å². The van der Waals surface area contributed by atoms with Gasteiger partial charge >= 0.3 is 0 Å². The lowest BCUT2D eigenvalue weighted by molar-refractivity contribution is -0.0127. The first kappa shape index (κ1) is 10.5. The number of fused-ring (bicyclic) bond motifs is 1. The Morgan fingerprint density at radius 3 is 2.88 bits per heavy atom. The average Bonchev–Trinajstić information content (AvgIpc) is 2.71. The molecule has 0 bridgehead atoms. The molecule has 1 aromatic heterocycles. The molecule has 0 saturated carbocycles. The second-order valence-corrected chi connectivity index (χ2v) is 4.35. The molecule has 0 N–H and O–H groups in total. The second kappa shape index (κ2) is 3.68.